The van der Waals surface area contributed by atoms with E-state index in [0.29, 0.717) is 12.2 Å². The molecule has 0 aromatic heterocycles. The molecule has 26 heavy (non-hydrogen) atoms. The number of nitrogens with one attached hydrogen (secondary N) is 2. The van der Waals surface area contributed by atoms with Crippen LogP contribution in [-0.2, 0) is 20.9 Å². The van der Waals surface area contributed by atoms with Crippen molar-refractivity contribution < 1.29 is 14.4 Å². The van der Waals surface area contributed by atoms with E-state index in [1.807, 2.05) is 49.4 Å². The Balaban J connectivity index is 1.62. The van der Waals surface area contributed by atoms with Gasteiger partial charge in [0.2, 0.25) is 17.7 Å². The highest BCUT2D eigenvalue weighted by Crippen LogP contribution is 2.13. The van der Waals surface area contributed by atoms with Crippen LogP contribution in [0.25, 0.3) is 0 Å². The van der Waals surface area contributed by atoms with Gasteiger partial charge in [0.15, 0.2) is 0 Å². The molecule has 3 amide bonds. The standard InChI is InChI=1S/C20H21N3O3/c1-14-7-9-16(10-8-14)21-18(24)11-17-20(26)23(13-19(25)22-17)12-15-5-3-2-4-6-15/h2-10,17H,11-13H2,1H3,(H,21,24)(H,22,25). The Morgan fingerprint density at radius 3 is 2.50 bits per heavy atom. The van der Waals surface area contributed by atoms with Gasteiger partial charge in [-0.15, -0.1) is 0 Å². The summed E-state index contributed by atoms with van der Waals surface area (Å²) in [5.41, 5.74) is 2.70. The third-order valence-electron chi connectivity index (χ3n) is 4.22. The number of amides is 3. The van der Waals surface area contributed by atoms with Crippen LogP contribution in [0.5, 0.6) is 0 Å². The summed E-state index contributed by atoms with van der Waals surface area (Å²) in [6.45, 7) is 2.32. The Morgan fingerprint density at radius 2 is 1.81 bits per heavy atom. The molecule has 0 bridgehead atoms. The maximum atomic E-state index is 12.6. The molecule has 2 N–H and O–H groups in total. The highest BCUT2D eigenvalue weighted by molar-refractivity contribution is 6.00. The van der Waals surface area contributed by atoms with Gasteiger partial charge in [0.25, 0.3) is 0 Å². The lowest BCUT2D eigenvalue weighted by atomic mass is 10.1. The molecule has 3 rings (SSSR count). The van der Waals surface area contributed by atoms with E-state index in [1.165, 1.54) is 4.90 Å². The molecule has 1 aliphatic heterocycles. The Morgan fingerprint density at radius 1 is 1.12 bits per heavy atom. The van der Waals surface area contributed by atoms with Crippen molar-refractivity contribution in [2.24, 2.45) is 0 Å². The smallest absolute Gasteiger partial charge is 0.246 e. The zero-order chi connectivity index (χ0) is 18.5. The van der Waals surface area contributed by atoms with Gasteiger partial charge in [-0.2, -0.15) is 0 Å². The molecule has 0 aliphatic carbocycles. The van der Waals surface area contributed by atoms with E-state index < -0.39 is 6.04 Å². The number of carbonyl (C=O) groups excluding carboxylic acids is 3. The number of hydrogen-bond acceptors (Lipinski definition) is 3. The van der Waals surface area contributed by atoms with Gasteiger partial charge in [0.05, 0.1) is 13.0 Å². The molecule has 1 fully saturated rings. The largest absolute Gasteiger partial charge is 0.342 e. The first-order valence-corrected chi connectivity index (χ1v) is 8.50. The number of anilines is 1. The summed E-state index contributed by atoms with van der Waals surface area (Å²) in [7, 11) is 0. The average Bonchev–Trinajstić information content (AvgIpc) is 2.62. The molecule has 2 aromatic carbocycles. The highest BCUT2D eigenvalue weighted by Gasteiger charge is 2.33. The SMILES string of the molecule is Cc1ccc(NC(=O)CC2NC(=O)CN(Cc3ccccc3)C2=O)cc1. The van der Waals surface area contributed by atoms with Crippen LogP contribution in [0, 0.1) is 6.92 Å². The van der Waals surface area contributed by atoms with Crippen molar-refractivity contribution in [1.82, 2.24) is 10.2 Å². The van der Waals surface area contributed by atoms with Gasteiger partial charge in [-0.3, -0.25) is 14.4 Å². The minimum atomic E-state index is -0.842. The summed E-state index contributed by atoms with van der Waals surface area (Å²) in [4.78, 5) is 38.3. The molecule has 1 saturated heterocycles. The fourth-order valence-corrected chi connectivity index (χ4v) is 2.88. The topological polar surface area (TPSA) is 78.5 Å². The number of aryl methyl sites for hydroxylation is 1. The van der Waals surface area contributed by atoms with Crippen molar-refractivity contribution >= 4 is 23.4 Å². The van der Waals surface area contributed by atoms with Crippen molar-refractivity contribution in [2.45, 2.75) is 25.9 Å². The van der Waals surface area contributed by atoms with Crippen molar-refractivity contribution in [3.05, 3.63) is 65.7 Å². The summed E-state index contributed by atoms with van der Waals surface area (Å²) >= 11 is 0. The third-order valence-corrected chi connectivity index (χ3v) is 4.22. The van der Waals surface area contributed by atoms with Gasteiger partial charge in [0, 0.05) is 12.2 Å². The normalized spacial score (nSPS) is 17.0. The number of hydrogen-bond donors (Lipinski definition) is 2. The van der Waals surface area contributed by atoms with E-state index in [9.17, 15) is 14.4 Å². The third kappa shape index (κ3) is 4.47. The molecule has 1 atom stereocenters. The predicted molar refractivity (Wildman–Crippen MR) is 98.2 cm³/mol. The number of carbonyl (C=O) groups is 3. The van der Waals surface area contributed by atoms with Crippen LogP contribution >= 0.6 is 0 Å². The number of piperazine rings is 1. The molecule has 134 valence electrons. The molecule has 0 radical (unpaired) electrons. The van der Waals surface area contributed by atoms with Crippen molar-refractivity contribution in [3.63, 3.8) is 0 Å². The van der Waals surface area contributed by atoms with E-state index in [0.717, 1.165) is 11.1 Å². The second kappa shape index (κ2) is 7.82. The first-order chi connectivity index (χ1) is 12.5. The van der Waals surface area contributed by atoms with Gasteiger partial charge in [0.1, 0.15) is 6.04 Å². The first kappa shape index (κ1) is 17.7. The van der Waals surface area contributed by atoms with E-state index >= 15 is 0 Å². The summed E-state index contributed by atoms with van der Waals surface area (Å²) in [5, 5.41) is 5.37. The Labute approximate surface area is 152 Å². The van der Waals surface area contributed by atoms with Crippen LogP contribution < -0.4 is 10.6 Å². The minimum Gasteiger partial charge on any atom is -0.342 e. The van der Waals surface area contributed by atoms with Crippen LogP contribution in [-0.4, -0.2) is 35.2 Å². The van der Waals surface area contributed by atoms with Crippen LogP contribution in [0.15, 0.2) is 54.6 Å². The fraction of sp³-hybridized carbons (Fsp3) is 0.250. The molecular weight excluding hydrogens is 330 g/mol. The second-order valence-corrected chi connectivity index (χ2v) is 6.42. The van der Waals surface area contributed by atoms with E-state index in [4.69, 9.17) is 0 Å². The molecule has 0 saturated carbocycles. The number of benzene rings is 2. The number of nitrogens with zero attached hydrogens (tertiary/aromatic N) is 1. The maximum absolute atomic E-state index is 12.6. The first-order valence-electron chi connectivity index (χ1n) is 8.50. The van der Waals surface area contributed by atoms with Gasteiger partial charge < -0.3 is 15.5 Å². The van der Waals surface area contributed by atoms with E-state index in [2.05, 4.69) is 10.6 Å². The predicted octanol–water partition coefficient (Wildman–Crippen LogP) is 1.85. The molecule has 1 unspecified atom stereocenters. The van der Waals surface area contributed by atoms with Gasteiger partial charge in [-0.05, 0) is 24.6 Å². The summed E-state index contributed by atoms with van der Waals surface area (Å²) in [6, 6.07) is 16.0. The van der Waals surface area contributed by atoms with Crippen LogP contribution in [0.1, 0.15) is 17.5 Å². The fourth-order valence-electron chi connectivity index (χ4n) is 2.88. The second-order valence-electron chi connectivity index (χ2n) is 6.42. The van der Waals surface area contributed by atoms with E-state index in [-0.39, 0.29) is 30.7 Å². The Bertz CT molecular complexity index is 803. The maximum Gasteiger partial charge on any atom is 0.246 e. The summed E-state index contributed by atoms with van der Waals surface area (Å²) in [6.07, 6.45) is -0.0935. The quantitative estimate of drug-likeness (QED) is 0.863. The molecule has 6 nitrogen and oxygen atoms in total. The van der Waals surface area contributed by atoms with Gasteiger partial charge >= 0.3 is 0 Å². The zero-order valence-corrected chi connectivity index (χ0v) is 14.6. The highest BCUT2D eigenvalue weighted by atomic mass is 16.2. The molecule has 1 aliphatic rings. The molecule has 0 spiro atoms. The molecule has 1 heterocycles. The molecular formula is C20H21N3O3. The number of rotatable bonds is 5. The Hall–Kier alpha value is -3.15. The van der Waals surface area contributed by atoms with Gasteiger partial charge in [-0.25, -0.2) is 0 Å². The summed E-state index contributed by atoms with van der Waals surface area (Å²) in [5.74, 6) is -0.810. The van der Waals surface area contributed by atoms with Crippen molar-refractivity contribution in [1.29, 1.82) is 0 Å². The van der Waals surface area contributed by atoms with Gasteiger partial charge in [-0.1, -0.05) is 48.0 Å². The lowest BCUT2D eigenvalue weighted by Crippen LogP contribution is -2.58. The van der Waals surface area contributed by atoms with Crippen LogP contribution in [0.4, 0.5) is 5.69 Å². The monoisotopic (exact) mass is 351 g/mol. The Kier molecular flexibility index (Phi) is 5.31. The minimum absolute atomic E-state index is 0.00378. The molecule has 2 aromatic rings. The van der Waals surface area contributed by atoms with Crippen LogP contribution in [0.2, 0.25) is 0 Å². The van der Waals surface area contributed by atoms with Crippen molar-refractivity contribution in [2.75, 3.05) is 11.9 Å². The lowest BCUT2D eigenvalue weighted by Gasteiger charge is -2.32. The summed E-state index contributed by atoms with van der Waals surface area (Å²) < 4.78 is 0. The van der Waals surface area contributed by atoms with Crippen LogP contribution in [0.3, 0.4) is 0 Å². The zero-order valence-electron chi connectivity index (χ0n) is 14.6. The van der Waals surface area contributed by atoms with Crippen molar-refractivity contribution in [3.8, 4) is 0 Å². The average molecular weight is 351 g/mol. The van der Waals surface area contributed by atoms with E-state index in [1.54, 1.807) is 12.1 Å². The lowest BCUT2D eigenvalue weighted by molar-refractivity contribution is -0.145. The molecule has 6 heteroatoms.